The van der Waals surface area contributed by atoms with Crippen LogP contribution in [0.25, 0.3) is 0 Å². The molecule has 0 aliphatic heterocycles. The number of halogens is 1. The van der Waals surface area contributed by atoms with Gasteiger partial charge in [0.1, 0.15) is 0 Å². The van der Waals surface area contributed by atoms with E-state index in [-0.39, 0.29) is 11.9 Å². The van der Waals surface area contributed by atoms with Gasteiger partial charge in [0.2, 0.25) is 0 Å². The SMILES string of the molecule is Nc1cccc(Cl)c1C(=O)NC(c1ccccc1)C1CC1. The Morgan fingerprint density at radius 3 is 2.48 bits per heavy atom. The van der Waals surface area contributed by atoms with Gasteiger partial charge in [-0.3, -0.25) is 4.79 Å². The minimum atomic E-state index is -0.209. The van der Waals surface area contributed by atoms with Crippen LogP contribution < -0.4 is 11.1 Å². The van der Waals surface area contributed by atoms with Crippen molar-refractivity contribution in [3.8, 4) is 0 Å². The first-order chi connectivity index (χ1) is 10.2. The van der Waals surface area contributed by atoms with Crippen molar-refractivity contribution in [3.05, 3.63) is 64.7 Å². The summed E-state index contributed by atoms with van der Waals surface area (Å²) in [7, 11) is 0. The monoisotopic (exact) mass is 300 g/mol. The van der Waals surface area contributed by atoms with Crippen molar-refractivity contribution in [1.29, 1.82) is 0 Å². The van der Waals surface area contributed by atoms with Crippen molar-refractivity contribution < 1.29 is 4.79 Å². The molecule has 3 nitrogen and oxygen atoms in total. The lowest BCUT2D eigenvalue weighted by Crippen LogP contribution is -2.30. The number of hydrogen-bond acceptors (Lipinski definition) is 2. The lowest BCUT2D eigenvalue weighted by atomic mass is 10.0. The molecule has 0 aromatic heterocycles. The van der Waals surface area contributed by atoms with Crippen molar-refractivity contribution in [1.82, 2.24) is 5.32 Å². The lowest BCUT2D eigenvalue weighted by molar-refractivity contribution is 0.0932. The fraction of sp³-hybridized carbons (Fsp3) is 0.235. The molecule has 0 radical (unpaired) electrons. The number of rotatable bonds is 4. The second-order valence-corrected chi connectivity index (χ2v) is 5.81. The molecule has 1 aliphatic carbocycles. The largest absolute Gasteiger partial charge is 0.398 e. The molecule has 0 spiro atoms. The van der Waals surface area contributed by atoms with Gasteiger partial charge in [-0.05, 0) is 36.5 Å². The summed E-state index contributed by atoms with van der Waals surface area (Å²) in [5.74, 6) is 0.291. The molecule has 1 fully saturated rings. The molecule has 1 atom stereocenters. The molecule has 0 saturated heterocycles. The normalized spacial score (nSPS) is 15.5. The van der Waals surface area contributed by atoms with Crippen LogP contribution in [0.15, 0.2) is 48.5 Å². The van der Waals surface area contributed by atoms with Gasteiger partial charge in [0.15, 0.2) is 0 Å². The van der Waals surface area contributed by atoms with Crippen LogP contribution in [0.2, 0.25) is 5.02 Å². The van der Waals surface area contributed by atoms with Gasteiger partial charge in [-0.15, -0.1) is 0 Å². The molecular weight excluding hydrogens is 284 g/mol. The predicted molar refractivity (Wildman–Crippen MR) is 85.2 cm³/mol. The van der Waals surface area contributed by atoms with Gasteiger partial charge in [0.05, 0.1) is 16.6 Å². The van der Waals surface area contributed by atoms with Crippen molar-refractivity contribution in [2.75, 3.05) is 5.73 Å². The standard InChI is InChI=1S/C17H17ClN2O/c18-13-7-4-8-14(19)15(13)17(21)20-16(12-9-10-12)11-5-2-1-3-6-11/h1-8,12,16H,9-10,19H2,(H,20,21). The fourth-order valence-electron chi connectivity index (χ4n) is 2.56. The average molecular weight is 301 g/mol. The van der Waals surface area contributed by atoms with Gasteiger partial charge in [-0.25, -0.2) is 0 Å². The Labute approximate surface area is 129 Å². The predicted octanol–water partition coefficient (Wildman–Crippen LogP) is 3.80. The first-order valence-corrected chi connectivity index (χ1v) is 7.44. The summed E-state index contributed by atoms with van der Waals surface area (Å²) in [6, 6.07) is 15.2. The van der Waals surface area contributed by atoms with Gasteiger partial charge in [-0.1, -0.05) is 48.0 Å². The number of carbonyl (C=O) groups excluding carboxylic acids is 1. The van der Waals surface area contributed by atoms with E-state index in [1.165, 1.54) is 0 Å². The van der Waals surface area contributed by atoms with Crippen LogP contribution in [0, 0.1) is 5.92 Å². The molecule has 1 unspecified atom stereocenters. The van der Waals surface area contributed by atoms with Gasteiger partial charge in [-0.2, -0.15) is 0 Å². The first-order valence-electron chi connectivity index (χ1n) is 7.06. The molecule has 4 heteroatoms. The molecular formula is C17H17ClN2O. The number of benzene rings is 2. The van der Waals surface area contributed by atoms with Crippen molar-refractivity contribution in [2.24, 2.45) is 5.92 Å². The third-order valence-electron chi connectivity index (χ3n) is 3.81. The van der Waals surface area contributed by atoms with Crippen molar-refractivity contribution in [2.45, 2.75) is 18.9 Å². The number of nitrogens with two attached hydrogens (primary N) is 1. The minimum absolute atomic E-state index is 0.0226. The fourth-order valence-corrected chi connectivity index (χ4v) is 2.82. The van der Waals surface area contributed by atoms with E-state index in [2.05, 4.69) is 5.32 Å². The number of carbonyl (C=O) groups is 1. The highest BCUT2D eigenvalue weighted by molar-refractivity contribution is 6.34. The summed E-state index contributed by atoms with van der Waals surface area (Å²) in [5, 5.41) is 3.47. The van der Waals surface area contributed by atoms with E-state index >= 15 is 0 Å². The van der Waals surface area contributed by atoms with Crippen LogP contribution in [0.5, 0.6) is 0 Å². The molecule has 0 bridgehead atoms. The molecule has 1 saturated carbocycles. The zero-order chi connectivity index (χ0) is 14.8. The van der Waals surface area contributed by atoms with E-state index in [9.17, 15) is 4.79 Å². The second-order valence-electron chi connectivity index (χ2n) is 5.40. The number of anilines is 1. The maximum atomic E-state index is 12.5. The summed E-state index contributed by atoms with van der Waals surface area (Å²) < 4.78 is 0. The second kappa shape index (κ2) is 5.78. The molecule has 21 heavy (non-hydrogen) atoms. The van der Waals surface area contributed by atoms with Crippen molar-refractivity contribution >= 4 is 23.2 Å². The molecule has 0 heterocycles. The average Bonchev–Trinajstić information content (AvgIpc) is 3.30. The molecule has 2 aromatic carbocycles. The maximum absolute atomic E-state index is 12.5. The number of nitrogen functional groups attached to an aromatic ring is 1. The summed E-state index contributed by atoms with van der Waals surface area (Å²) in [5.41, 5.74) is 7.77. The Kier molecular flexibility index (Phi) is 3.84. The summed E-state index contributed by atoms with van der Waals surface area (Å²) in [4.78, 5) is 12.5. The lowest BCUT2D eigenvalue weighted by Gasteiger charge is -2.19. The summed E-state index contributed by atoms with van der Waals surface area (Å²) in [6.45, 7) is 0. The summed E-state index contributed by atoms with van der Waals surface area (Å²) in [6.07, 6.45) is 2.27. The summed E-state index contributed by atoms with van der Waals surface area (Å²) >= 11 is 6.11. The number of hydrogen-bond donors (Lipinski definition) is 2. The molecule has 3 rings (SSSR count). The first kappa shape index (κ1) is 14.0. The third kappa shape index (κ3) is 3.03. The van der Waals surface area contributed by atoms with E-state index in [0.717, 1.165) is 18.4 Å². The highest BCUT2D eigenvalue weighted by Gasteiger charge is 2.34. The van der Waals surface area contributed by atoms with Crippen LogP contribution in [-0.4, -0.2) is 5.91 Å². The van der Waals surface area contributed by atoms with Crippen LogP contribution in [0.1, 0.15) is 34.8 Å². The van der Waals surface area contributed by atoms with Gasteiger partial charge in [0, 0.05) is 5.69 Å². The van der Waals surface area contributed by atoms with Crippen LogP contribution >= 0.6 is 11.6 Å². The smallest absolute Gasteiger partial charge is 0.255 e. The third-order valence-corrected chi connectivity index (χ3v) is 4.13. The number of amides is 1. The van der Waals surface area contributed by atoms with Crippen LogP contribution in [0.4, 0.5) is 5.69 Å². The van der Waals surface area contributed by atoms with E-state index in [4.69, 9.17) is 17.3 Å². The topological polar surface area (TPSA) is 55.1 Å². The molecule has 3 N–H and O–H groups in total. The van der Waals surface area contributed by atoms with Gasteiger partial charge >= 0.3 is 0 Å². The molecule has 108 valence electrons. The Morgan fingerprint density at radius 2 is 1.86 bits per heavy atom. The van der Waals surface area contributed by atoms with E-state index < -0.39 is 0 Å². The molecule has 2 aromatic rings. The zero-order valence-electron chi connectivity index (χ0n) is 11.6. The molecule has 1 aliphatic rings. The van der Waals surface area contributed by atoms with E-state index in [1.807, 2.05) is 30.3 Å². The van der Waals surface area contributed by atoms with E-state index in [1.54, 1.807) is 18.2 Å². The Bertz CT molecular complexity index is 633. The highest BCUT2D eigenvalue weighted by atomic mass is 35.5. The maximum Gasteiger partial charge on any atom is 0.255 e. The molecule has 1 amide bonds. The van der Waals surface area contributed by atoms with Crippen LogP contribution in [0.3, 0.4) is 0 Å². The number of nitrogens with one attached hydrogen (secondary N) is 1. The van der Waals surface area contributed by atoms with E-state index in [0.29, 0.717) is 22.2 Å². The van der Waals surface area contributed by atoms with Gasteiger partial charge < -0.3 is 11.1 Å². The Hall–Kier alpha value is -2.00. The van der Waals surface area contributed by atoms with Gasteiger partial charge in [0.25, 0.3) is 5.91 Å². The van der Waals surface area contributed by atoms with Crippen molar-refractivity contribution in [3.63, 3.8) is 0 Å². The highest BCUT2D eigenvalue weighted by Crippen LogP contribution is 2.41. The minimum Gasteiger partial charge on any atom is -0.398 e. The quantitative estimate of drug-likeness (QED) is 0.844. The van der Waals surface area contributed by atoms with Crippen LogP contribution in [-0.2, 0) is 0 Å². The Morgan fingerprint density at radius 1 is 1.14 bits per heavy atom. The zero-order valence-corrected chi connectivity index (χ0v) is 12.3. The Balaban J connectivity index is 1.85.